The van der Waals surface area contributed by atoms with Crippen LogP contribution in [0.15, 0.2) is 78.0 Å². The van der Waals surface area contributed by atoms with E-state index in [0.29, 0.717) is 15.9 Å². The summed E-state index contributed by atoms with van der Waals surface area (Å²) in [6, 6.07) is 23.6. The summed E-state index contributed by atoms with van der Waals surface area (Å²) < 4.78 is 1.93. The van der Waals surface area contributed by atoms with E-state index in [1.807, 2.05) is 61.0 Å². The van der Waals surface area contributed by atoms with Gasteiger partial charge in [0.1, 0.15) is 5.25 Å². The lowest BCUT2D eigenvalue weighted by Gasteiger charge is -2.19. The Hall–Kier alpha value is -3.09. The lowest BCUT2D eigenvalue weighted by molar-refractivity contribution is -0.115. The summed E-state index contributed by atoms with van der Waals surface area (Å²) in [6.45, 7) is 8.51. The number of nitrogens with one attached hydrogen (secondary N) is 1. The van der Waals surface area contributed by atoms with Gasteiger partial charge in [0, 0.05) is 23.3 Å². The average molecular weight is 505 g/mol. The van der Waals surface area contributed by atoms with Gasteiger partial charge in [-0.05, 0) is 41.2 Å². The summed E-state index contributed by atoms with van der Waals surface area (Å²) in [6.07, 6.45) is 0. The molecule has 0 aliphatic rings. The predicted molar refractivity (Wildman–Crippen MR) is 145 cm³/mol. The summed E-state index contributed by atoms with van der Waals surface area (Å²) in [7, 11) is 1.93. The van der Waals surface area contributed by atoms with Crippen LogP contribution < -0.4 is 5.32 Å². The van der Waals surface area contributed by atoms with Crippen molar-refractivity contribution in [1.82, 2.24) is 14.8 Å². The van der Waals surface area contributed by atoms with Crippen molar-refractivity contribution in [2.24, 2.45) is 7.05 Å². The Kier molecular flexibility index (Phi) is 7.33. The molecule has 7 heteroatoms. The van der Waals surface area contributed by atoms with E-state index in [1.54, 1.807) is 6.07 Å². The highest BCUT2D eigenvalue weighted by Gasteiger charge is 2.26. The van der Waals surface area contributed by atoms with E-state index in [0.717, 1.165) is 22.5 Å². The molecule has 1 aromatic heterocycles. The second-order valence-corrected chi connectivity index (χ2v) is 11.0. The third-order valence-corrected chi connectivity index (χ3v) is 7.54. The minimum atomic E-state index is -0.518. The molecule has 0 bridgehead atoms. The minimum Gasteiger partial charge on any atom is -0.325 e. The first-order valence-electron chi connectivity index (χ1n) is 11.4. The molecule has 5 nitrogen and oxygen atoms in total. The summed E-state index contributed by atoms with van der Waals surface area (Å²) in [5, 5.41) is 12.6. The van der Waals surface area contributed by atoms with E-state index in [-0.39, 0.29) is 11.3 Å². The van der Waals surface area contributed by atoms with Gasteiger partial charge in [0.05, 0.1) is 0 Å². The molecule has 0 unspecified atom stereocenters. The van der Waals surface area contributed by atoms with Crippen LogP contribution in [0.2, 0.25) is 5.02 Å². The summed E-state index contributed by atoms with van der Waals surface area (Å²) >= 11 is 7.63. The van der Waals surface area contributed by atoms with Gasteiger partial charge in [-0.3, -0.25) is 4.79 Å². The molecule has 0 saturated carbocycles. The number of thioether (sulfide) groups is 1. The third kappa shape index (κ3) is 5.77. The van der Waals surface area contributed by atoms with E-state index < -0.39 is 5.25 Å². The Morgan fingerprint density at radius 3 is 2.31 bits per heavy atom. The number of nitrogens with zero attached hydrogens (tertiary/aromatic N) is 3. The van der Waals surface area contributed by atoms with Crippen molar-refractivity contribution >= 4 is 35.0 Å². The van der Waals surface area contributed by atoms with Crippen molar-refractivity contribution in [2.45, 2.75) is 43.5 Å². The number of amides is 1. The fraction of sp³-hybridized carbons (Fsp3) is 0.250. The molecule has 1 heterocycles. The number of aryl methyl sites for hydroxylation is 1. The van der Waals surface area contributed by atoms with Crippen LogP contribution in [0, 0.1) is 6.92 Å². The molecule has 180 valence electrons. The van der Waals surface area contributed by atoms with Crippen molar-refractivity contribution in [3.8, 4) is 11.4 Å². The summed E-state index contributed by atoms with van der Waals surface area (Å²) in [4.78, 5) is 13.4. The Labute approximate surface area is 215 Å². The van der Waals surface area contributed by atoms with Gasteiger partial charge in [-0.1, -0.05) is 105 Å². The van der Waals surface area contributed by atoms with Gasteiger partial charge in [-0.25, -0.2) is 0 Å². The first-order valence-corrected chi connectivity index (χ1v) is 12.7. The topological polar surface area (TPSA) is 59.8 Å². The number of hydrogen-bond donors (Lipinski definition) is 1. The van der Waals surface area contributed by atoms with Gasteiger partial charge < -0.3 is 9.88 Å². The monoisotopic (exact) mass is 504 g/mol. The zero-order chi connectivity index (χ0) is 25.2. The highest BCUT2D eigenvalue weighted by atomic mass is 35.5. The molecule has 3 aromatic carbocycles. The molecule has 0 aliphatic carbocycles. The maximum absolute atomic E-state index is 13.4. The number of hydrogen-bond acceptors (Lipinski definition) is 4. The number of rotatable bonds is 6. The van der Waals surface area contributed by atoms with Gasteiger partial charge in [0.15, 0.2) is 11.0 Å². The first kappa shape index (κ1) is 25.0. The van der Waals surface area contributed by atoms with E-state index in [2.05, 4.69) is 60.6 Å². The number of anilines is 1. The van der Waals surface area contributed by atoms with Crippen LogP contribution >= 0.6 is 23.4 Å². The van der Waals surface area contributed by atoms with Crippen molar-refractivity contribution in [2.75, 3.05) is 5.32 Å². The van der Waals surface area contributed by atoms with Gasteiger partial charge in [0.2, 0.25) is 5.91 Å². The van der Waals surface area contributed by atoms with Crippen molar-refractivity contribution in [3.05, 3.63) is 94.5 Å². The van der Waals surface area contributed by atoms with E-state index >= 15 is 0 Å². The fourth-order valence-electron chi connectivity index (χ4n) is 3.67. The Bertz CT molecular complexity index is 1330. The SMILES string of the molecule is Cc1ccc(NC(=O)[C@@H](Sc2nnc(-c3ccc(C(C)(C)C)cc3)n2C)c2ccccc2)cc1Cl. The van der Waals surface area contributed by atoms with Crippen LogP contribution in [-0.2, 0) is 17.3 Å². The van der Waals surface area contributed by atoms with Crippen molar-refractivity contribution in [3.63, 3.8) is 0 Å². The quantitative estimate of drug-likeness (QED) is 0.282. The lowest BCUT2D eigenvalue weighted by Crippen LogP contribution is -2.19. The van der Waals surface area contributed by atoms with Crippen LogP contribution in [0.3, 0.4) is 0 Å². The Morgan fingerprint density at radius 1 is 1.00 bits per heavy atom. The normalized spacial score (nSPS) is 12.4. The Morgan fingerprint density at radius 2 is 1.69 bits per heavy atom. The lowest BCUT2D eigenvalue weighted by atomic mass is 9.87. The van der Waals surface area contributed by atoms with Gasteiger partial charge in [-0.2, -0.15) is 0 Å². The first-order chi connectivity index (χ1) is 16.6. The van der Waals surface area contributed by atoms with Gasteiger partial charge >= 0.3 is 0 Å². The molecule has 4 rings (SSSR count). The van der Waals surface area contributed by atoms with Gasteiger partial charge in [0.25, 0.3) is 0 Å². The smallest absolute Gasteiger partial charge is 0.242 e. The molecule has 1 amide bonds. The number of halogens is 1. The minimum absolute atomic E-state index is 0.0807. The van der Waals surface area contributed by atoms with Gasteiger partial charge in [-0.15, -0.1) is 10.2 Å². The van der Waals surface area contributed by atoms with Crippen LogP contribution in [-0.4, -0.2) is 20.7 Å². The number of benzene rings is 3. The van der Waals surface area contributed by atoms with Crippen molar-refractivity contribution < 1.29 is 4.79 Å². The highest BCUT2D eigenvalue weighted by Crippen LogP contribution is 2.37. The molecule has 1 atom stereocenters. The number of carbonyl (C=O) groups is 1. The van der Waals surface area contributed by atoms with Crippen LogP contribution in [0.1, 0.15) is 42.7 Å². The zero-order valence-electron chi connectivity index (χ0n) is 20.5. The maximum Gasteiger partial charge on any atom is 0.242 e. The number of aromatic nitrogens is 3. The summed E-state index contributed by atoms with van der Waals surface area (Å²) in [5.41, 5.74) is 4.82. The zero-order valence-corrected chi connectivity index (χ0v) is 22.1. The molecule has 4 aromatic rings. The van der Waals surface area contributed by atoms with E-state index in [9.17, 15) is 4.79 Å². The van der Waals surface area contributed by atoms with Crippen LogP contribution in [0.25, 0.3) is 11.4 Å². The molecular formula is C28H29ClN4OS. The maximum atomic E-state index is 13.4. The number of carbonyl (C=O) groups excluding carboxylic acids is 1. The van der Waals surface area contributed by atoms with Crippen molar-refractivity contribution in [1.29, 1.82) is 0 Å². The average Bonchev–Trinajstić information content (AvgIpc) is 3.19. The Balaban J connectivity index is 1.61. The highest BCUT2D eigenvalue weighted by molar-refractivity contribution is 8.00. The molecule has 0 radical (unpaired) electrons. The molecule has 35 heavy (non-hydrogen) atoms. The summed E-state index contributed by atoms with van der Waals surface area (Å²) in [5.74, 6) is 0.602. The van der Waals surface area contributed by atoms with E-state index in [1.165, 1.54) is 17.3 Å². The molecule has 1 N–H and O–H groups in total. The fourth-order valence-corrected chi connectivity index (χ4v) is 4.86. The van der Waals surface area contributed by atoms with Crippen LogP contribution in [0.5, 0.6) is 0 Å². The largest absolute Gasteiger partial charge is 0.325 e. The third-order valence-electron chi connectivity index (χ3n) is 5.85. The van der Waals surface area contributed by atoms with Crippen LogP contribution in [0.4, 0.5) is 5.69 Å². The molecular weight excluding hydrogens is 476 g/mol. The predicted octanol–water partition coefficient (Wildman–Crippen LogP) is 7.21. The molecule has 0 saturated heterocycles. The molecule has 0 spiro atoms. The molecule has 0 fully saturated rings. The second kappa shape index (κ2) is 10.3. The van der Waals surface area contributed by atoms with E-state index in [4.69, 9.17) is 11.6 Å². The standard InChI is InChI=1S/C28H29ClN4OS/c1-18-11-16-22(17-23(18)29)30-26(34)24(19-9-7-6-8-10-19)35-27-32-31-25(33(27)5)20-12-14-21(15-13-20)28(2,3)4/h6-17,24H,1-5H3,(H,30,34)/t24-/m0/s1. The second-order valence-electron chi connectivity index (χ2n) is 9.55. The molecule has 0 aliphatic heterocycles.